The molecule has 12 heteroatoms. The number of fused-ring (bicyclic) bond motifs is 2. The van der Waals surface area contributed by atoms with E-state index in [0.717, 1.165) is 38.5 Å². The highest BCUT2D eigenvalue weighted by Crippen LogP contribution is 2.55. The Morgan fingerprint density at radius 1 is 0.808 bits per heavy atom. The summed E-state index contributed by atoms with van der Waals surface area (Å²) in [5, 5.41) is 53.3. The van der Waals surface area contributed by atoms with E-state index in [9.17, 15) is 44.7 Å². The Hall–Kier alpha value is -4.36. The summed E-state index contributed by atoms with van der Waals surface area (Å²) in [5.74, 6) is -9.55. The standard InChI is InChI=1S/C40H50O12/c1-27(17-13-23-29-19-5-3-6-20-29)15-9-10-25-31(41)50-33-32(42)38(26-12-11-16-28(2)18-14-24-30-21-7-4-8-22-30)51-34(35(43)44)39(49,36(45)46)40(33,52-38)37(47)48/h3-9,11,15-16,19-22,27-28,32-34,42,49H,10,12-14,17-18,23-26H2,1-2H3,(H,43,44)(H,45,46)(H,47,48)/b15-9+,16-11+. The first-order valence-corrected chi connectivity index (χ1v) is 17.9. The predicted octanol–water partition coefficient (Wildman–Crippen LogP) is 5.10. The van der Waals surface area contributed by atoms with Crippen LogP contribution in [0.15, 0.2) is 85.0 Å². The van der Waals surface area contributed by atoms with Crippen molar-refractivity contribution in [3.05, 3.63) is 96.1 Å². The Balaban J connectivity index is 1.43. The monoisotopic (exact) mass is 722 g/mol. The molecule has 8 atom stereocenters. The third-order valence-corrected chi connectivity index (χ3v) is 9.90. The van der Waals surface area contributed by atoms with Gasteiger partial charge in [0.05, 0.1) is 0 Å². The molecule has 0 saturated carbocycles. The van der Waals surface area contributed by atoms with Crippen LogP contribution in [0.5, 0.6) is 0 Å². The van der Waals surface area contributed by atoms with Crippen molar-refractivity contribution in [1.82, 2.24) is 0 Å². The van der Waals surface area contributed by atoms with Gasteiger partial charge in [-0.25, -0.2) is 14.4 Å². The van der Waals surface area contributed by atoms with E-state index in [0.29, 0.717) is 0 Å². The number of carboxylic acid groups (broad SMARTS) is 3. The molecule has 2 aromatic carbocycles. The molecule has 2 aromatic rings. The van der Waals surface area contributed by atoms with Crippen LogP contribution in [0, 0.1) is 11.8 Å². The number of aryl methyl sites for hydroxylation is 2. The van der Waals surface area contributed by atoms with E-state index in [-0.39, 0.29) is 37.5 Å². The highest BCUT2D eigenvalue weighted by atomic mass is 16.8. The molecule has 5 N–H and O–H groups in total. The molecule has 8 unspecified atom stereocenters. The Kier molecular flexibility index (Phi) is 13.9. The van der Waals surface area contributed by atoms with Gasteiger partial charge in [0.25, 0.3) is 0 Å². The second-order valence-corrected chi connectivity index (χ2v) is 13.9. The summed E-state index contributed by atoms with van der Waals surface area (Å²) in [7, 11) is 0. The average molecular weight is 723 g/mol. The number of aliphatic hydroxyl groups excluding tert-OH is 1. The maximum absolute atomic E-state index is 13.1. The molecule has 0 aromatic heterocycles. The topological polar surface area (TPSA) is 197 Å². The zero-order chi connectivity index (χ0) is 37.9. The number of rotatable bonds is 20. The highest BCUT2D eigenvalue weighted by Gasteiger charge is 2.85. The van der Waals surface area contributed by atoms with Gasteiger partial charge in [-0.15, -0.1) is 0 Å². The highest BCUT2D eigenvalue weighted by molar-refractivity contribution is 5.98. The zero-order valence-corrected chi connectivity index (χ0v) is 29.6. The Morgan fingerprint density at radius 3 is 1.81 bits per heavy atom. The largest absolute Gasteiger partial charge is 0.479 e. The fraction of sp³-hybridized carbons (Fsp3) is 0.500. The lowest BCUT2D eigenvalue weighted by Gasteiger charge is -2.48. The van der Waals surface area contributed by atoms with Crippen LogP contribution in [0.25, 0.3) is 0 Å². The van der Waals surface area contributed by atoms with Gasteiger partial charge in [0, 0.05) is 12.8 Å². The van der Waals surface area contributed by atoms with Crippen LogP contribution in [0.1, 0.15) is 76.3 Å². The van der Waals surface area contributed by atoms with E-state index in [1.165, 1.54) is 11.1 Å². The van der Waals surface area contributed by atoms with Gasteiger partial charge in [0.2, 0.25) is 23.1 Å². The number of allylic oxidation sites excluding steroid dienone is 4. The molecule has 282 valence electrons. The van der Waals surface area contributed by atoms with E-state index in [4.69, 9.17) is 14.2 Å². The van der Waals surface area contributed by atoms with E-state index in [1.54, 1.807) is 12.2 Å². The lowest BCUT2D eigenvalue weighted by molar-refractivity contribution is -0.373. The van der Waals surface area contributed by atoms with Crippen LogP contribution >= 0.6 is 0 Å². The maximum atomic E-state index is 13.1. The number of ether oxygens (including phenoxy) is 3. The molecular weight excluding hydrogens is 672 g/mol. The summed E-state index contributed by atoms with van der Waals surface area (Å²) in [6.45, 7) is 4.05. The fourth-order valence-electron chi connectivity index (χ4n) is 7.03. The molecule has 2 saturated heterocycles. The van der Waals surface area contributed by atoms with Crippen molar-refractivity contribution in [3.63, 3.8) is 0 Å². The van der Waals surface area contributed by atoms with Crippen molar-refractivity contribution in [2.75, 3.05) is 0 Å². The number of aliphatic hydroxyl groups is 2. The molecule has 0 aliphatic carbocycles. The van der Waals surface area contributed by atoms with Gasteiger partial charge in [-0.3, -0.25) is 4.79 Å². The molecule has 2 fully saturated rings. The molecular formula is C40H50O12. The van der Waals surface area contributed by atoms with Gasteiger partial charge in [-0.05, 0) is 74.3 Å². The molecule has 52 heavy (non-hydrogen) atoms. The molecule has 12 nitrogen and oxygen atoms in total. The quantitative estimate of drug-likeness (QED) is 0.0897. The number of carbonyl (C=O) groups is 4. The van der Waals surface area contributed by atoms with Crippen LogP contribution < -0.4 is 0 Å². The summed E-state index contributed by atoms with van der Waals surface area (Å²) < 4.78 is 16.6. The van der Waals surface area contributed by atoms with Crippen molar-refractivity contribution in [2.24, 2.45) is 11.8 Å². The minimum atomic E-state index is -3.80. The first kappa shape index (κ1) is 40.4. The number of esters is 1. The Morgan fingerprint density at radius 2 is 1.33 bits per heavy atom. The fourth-order valence-corrected chi connectivity index (χ4v) is 7.03. The maximum Gasteiger partial charge on any atom is 0.344 e. The average Bonchev–Trinajstić information content (AvgIpc) is 3.32. The van der Waals surface area contributed by atoms with Crippen LogP contribution in [-0.4, -0.2) is 84.7 Å². The van der Waals surface area contributed by atoms with E-state index in [2.05, 4.69) is 24.3 Å². The second-order valence-electron chi connectivity index (χ2n) is 13.9. The van der Waals surface area contributed by atoms with Gasteiger partial charge in [-0.2, -0.15) is 0 Å². The van der Waals surface area contributed by atoms with Crippen LogP contribution in [0.3, 0.4) is 0 Å². The lowest BCUT2D eigenvalue weighted by Crippen LogP contribution is -2.78. The van der Waals surface area contributed by atoms with Crippen LogP contribution in [0.4, 0.5) is 0 Å². The smallest absolute Gasteiger partial charge is 0.344 e. The SMILES string of the molecule is CC(/C=C/CCC(=O)OC1C(O)C2(CC/C=C/C(C)CCCc3ccccc3)OC(C(=O)O)C(O)(C(=O)O)C1(C(=O)O)O2)CCCc1ccccc1. The third kappa shape index (κ3) is 8.98. The zero-order valence-electron chi connectivity index (χ0n) is 29.6. The normalized spacial score (nSPS) is 28.1. The minimum absolute atomic E-state index is 0.0859. The number of hydrogen-bond acceptors (Lipinski definition) is 9. The van der Waals surface area contributed by atoms with Crippen molar-refractivity contribution in [3.8, 4) is 0 Å². The van der Waals surface area contributed by atoms with Gasteiger partial charge in [0.15, 0.2) is 6.10 Å². The summed E-state index contributed by atoms with van der Waals surface area (Å²) in [6.07, 6.45) is 5.33. The molecule has 0 spiro atoms. The van der Waals surface area contributed by atoms with E-state index < -0.39 is 59.2 Å². The molecule has 0 radical (unpaired) electrons. The van der Waals surface area contributed by atoms with Gasteiger partial charge in [-0.1, -0.05) is 98.8 Å². The Labute approximate surface area is 303 Å². The number of carbonyl (C=O) groups excluding carboxylic acids is 1. The number of benzene rings is 2. The van der Waals surface area contributed by atoms with Crippen molar-refractivity contribution in [2.45, 2.75) is 113 Å². The van der Waals surface area contributed by atoms with Crippen LogP contribution in [-0.2, 0) is 46.2 Å². The van der Waals surface area contributed by atoms with Gasteiger partial charge in [0.1, 0.15) is 6.10 Å². The second kappa shape index (κ2) is 17.9. The van der Waals surface area contributed by atoms with Crippen molar-refractivity contribution in [1.29, 1.82) is 0 Å². The molecule has 2 bridgehead atoms. The lowest BCUT2D eigenvalue weighted by atomic mass is 9.74. The minimum Gasteiger partial charge on any atom is -0.479 e. The first-order chi connectivity index (χ1) is 24.8. The number of carboxylic acids is 3. The molecule has 2 aliphatic heterocycles. The van der Waals surface area contributed by atoms with E-state index in [1.807, 2.05) is 62.4 Å². The summed E-state index contributed by atoms with van der Waals surface area (Å²) in [6, 6.07) is 20.1. The summed E-state index contributed by atoms with van der Waals surface area (Å²) in [5.41, 5.74) is -4.75. The molecule has 2 heterocycles. The molecule has 2 aliphatic rings. The van der Waals surface area contributed by atoms with Gasteiger partial charge >= 0.3 is 23.9 Å². The van der Waals surface area contributed by atoms with Crippen molar-refractivity contribution >= 4 is 23.9 Å². The summed E-state index contributed by atoms with van der Waals surface area (Å²) >= 11 is 0. The summed E-state index contributed by atoms with van der Waals surface area (Å²) in [4.78, 5) is 50.8. The number of hydrogen-bond donors (Lipinski definition) is 5. The molecule has 0 amide bonds. The van der Waals surface area contributed by atoms with E-state index >= 15 is 0 Å². The third-order valence-electron chi connectivity index (χ3n) is 9.90. The molecule has 4 rings (SSSR count). The van der Waals surface area contributed by atoms with Crippen molar-refractivity contribution < 1.29 is 58.9 Å². The van der Waals surface area contributed by atoms with Gasteiger partial charge < -0.3 is 39.7 Å². The number of aliphatic carboxylic acids is 3. The Bertz CT molecular complexity index is 1580. The van der Waals surface area contributed by atoms with Crippen LogP contribution in [0.2, 0.25) is 0 Å². The first-order valence-electron chi connectivity index (χ1n) is 17.9. The predicted molar refractivity (Wildman–Crippen MR) is 189 cm³/mol.